The first kappa shape index (κ1) is 5.77. The van der Waals surface area contributed by atoms with E-state index in [9.17, 15) is 4.79 Å². The van der Waals surface area contributed by atoms with Gasteiger partial charge in [0.05, 0.1) is 13.1 Å². The van der Waals surface area contributed by atoms with Crippen LogP contribution in [0.4, 0.5) is 0 Å². The fraction of sp³-hybridized carbons (Fsp3) is 0.571. The Morgan fingerprint density at radius 2 is 2.50 bits per heavy atom. The molecule has 3 nitrogen and oxygen atoms in total. The number of hydrogen-bond acceptors (Lipinski definition) is 2. The van der Waals surface area contributed by atoms with Gasteiger partial charge in [-0.25, -0.2) is 0 Å². The van der Waals surface area contributed by atoms with Gasteiger partial charge in [0.2, 0.25) is 5.91 Å². The van der Waals surface area contributed by atoms with Crippen molar-refractivity contribution in [2.45, 2.75) is 6.42 Å². The number of hydrogen-bond donors (Lipinski definition) is 1. The molecule has 1 amide bonds. The molecule has 1 N–H and O–H groups in total. The Morgan fingerprint density at radius 1 is 1.60 bits per heavy atom. The maximum absolute atomic E-state index is 10.8. The Kier molecular flexibility index (Phi) is 1.16. The average Bonchev–Trinajstić information content (AvgIpc) is 2.33. The van der Waals surface area contributed by atoms with Crippen molar-refractivity contribution in [3.05, 3.63) is 11.8 Å². The van der Waals surface area contributed by atoms with Gasteiger partial charge in [-0.2, -0.15) is 0 Å². The zero-order valence-corrected chi connectivity index (χ0v) is 5.76. The van der Waals surface area contributed by atoms with Crippen molar-refractivity contribution in [3.8, 4) is 0 Å². The molecule has 1 saturated heterocycles. The predicted octanol–water partition coefficient (Wildman–Crippen LogP) is -0.294. The zero-order valence-electron chi connectivity index (χ0n) is 5.76. The van der Waals surface area contributed by atoms with Gasteiger partial charge in [-0.1, -0.05) is 6.08 Å². The van der Waals surface area contributed by atoms with E-state index in [4.69, 9.17) is 0 Å². The smallest absolute Gasteiger partial charge is 0.239 e. The quantitative estimate of drug-likeness (QED) is 0.498. The summed E-state index contributed by atoms with van der Waals surface area (Å²) in [7, 11) is 0. The van der Waals surface area contributed by atoms with Crippen LogP contribution < -0.4 is 5.32 Å². The lowest BCUT2D eigenvalue weighted by atomic mass is 10.3. The molecule has 0 aliphatic carbocycles. The second kappa shape index (κ2) is 2.01. The third kappa shape index (κ3) is 0.781. The van der Waals surface area contributed by atoms with Crippen LogP contribution in [0.5, 0.6) is 0 Å². The fourth-order valence-electron chi connectivity index (χ4n) is 1.44. The van der Waals surface area contributed by atoms with E-state index in [1.807, 2.05) is 0 Å². The summed E-state index contributed by atoms with van der Waals surface area (Å²) in [5, 5.41) is 2.80. The molecule has 54 valence electrons. The van der Waals surface area contributed by atoms with Crippen LogP contribution in [-0.4, -0.2) is 30.4 Å². The fourth-order valence-corrected chi connectivity index (χ4v) is 1.44. The van der Waals surface area contributed by atoms with Gasteiger partial charge < -0.3 is 10.2 Å². The Labute approximate surface area is 59.7 Å². The van der Waals surface area contributed by atoms with Crippen molar-refractivity contribution in [3.63, 3.8) is 0 Å². The monoisotopic (exact) mass is 138 g/mol. The highest BCUT2D eigenvalue weighted by atomic mass is 16.2. The molecule has 0 aromatic heterocycles. The Hall–Kier alpha value is -0.990. The highest BCUT2D eigenvalue weighted by molar-refractivity contribution is 5.79. The van der Waals surface area contributed by atoms with Crippen LogP contribution in [-0.2, 0) is 4.79 Å². The molecular formula is C7H10N2O. The third-order valence-corrected chi connectivity index (χ3v) is 1.99. The summed E-state index contributed by atoms with van der Waals surface area (Å²) in [4.78, 5) is 13.0. The van der Waals surface area contributed by atoms with Gasteiger partial charge in [-0.3, -0.25) is 4.79 Å². The number of rotatable bonds is 0. The van der Waals surface area contributed by atoms with E-state index >= 15 is 0 Å². The summed E-state index contributed by atoms with van der Waals surface area (Å²) in [6.45, 7) is 2.33. The van der Waals surface area contributed by atoms with Gasteiger partial charge in [0.25, 0.3) is 0 Å². The molecule has 2 rings (SSSR count). The van der Waals surface area contributed by atoms with Crippen molar-refractivity contribution >= 4 is 5.91 Å². The molecule has 2 aliphatic heterocycles. The SMILES string of the molecule is O=C1CN2CCC=C2CN1. The van der Waals surface area contributed by atoms with Crippen LogP contribution in [0.2, 0.25) is 0 Å². The van der Waals surface area contributed by atoms with E-state index in [-0.39, 0.29) is 5.91 Å². The maximum Gasteiger partial charge on any atom is 0.239 e. The van der Waals surface area contributed by atoms with E-state index in [0.29, 0.717) is 6.54 Å². The van der Waals surface area contributed by atoms with Crippen LogP contribution in [0.1, 0.15) is 6.42 Å². The first-order valence-electron chi connectivity index (χ1n) is 3.57. The highest BCUT2D eigenvalue weighted by Crippen LogP contribution is 2.15. The van der Waals surface area contributed by atoms with E-state index in [0.717, 1.165) is 19.5 Å². The van der Waals surface area contributed by atoms with Crippen LogP contribution in [0.15, 0.2) is 11.8 Å². The van der Waals surface area contributed by atoms with Crippen LogP contribution in [0.3, 0.4) is 0 Å². The Morgan fingerprint density at radius 3 is 3.40 bits per heavy atom. The molecule has 2 aliphatic rings. The minimum Gasteiger partial charge on any atom is -0.364 e. The molecule has 3 heteroatoms. The van der Waals surface area contributed by atoms with Gasteiger partial charge in [0, 0.05) is 12.2 Å². The molecular weight excluding hydrogens is 128 g/mol. The molecule has 0 radical (unpaired) electrons. The molecule has 0 unspecified atom stereocenters. The number of nitrogens with one attached hydrogen (secondary N) is 1. The average molecular weight is 138 g/mol. The van der Waals surface area contributed by atoms with Crippen LogP contribution in [0.25, 0.3) is 0 Å². The predicted molar refractivity (Wildman–Crippen MR) is 37.3 cm³/mol. The zero-order chi connectivity index (χ0) is 6.97. The standard InChI is InChI=1S/C7H10N2O/c10-7-5-9-3-1-2-6(9)4-8-7/h2H,1,3-5H2,(H,8,10). The lowest BCUT2D eigenvalue weighted by Gasteiger charge is -2.26. The summed E-state index contributed by atoms with van der Waals surface area (Å²) in [6, 6.07) is 0. The van der Waals surface area contributed by atoms with Gasteiger partial charge in [0.1, 0.15) is 0 Å². The second-order valence-electron chi connectivity index (χ2n) is 2.68. The van der Waals surface area contributed by atoms with Crippen LogP contribution in [0, 0.1) is 0 Å². The molecule has 0 aromatic rings. The lowest BCUT2D eigenvalue weighted by molar-refractivity contribution is -0.122. The van der Waals surface area contributed by atoms with E-state index in [2.05, 4.69) is 16.3 Å². The van der Waals surface area contributed by atoms with Crippen molar-refractivity contribution < 1.29 is 4.79 Å². The normalized spacial score (nSPS) is 23.8. The minimum absolute atomic E-state index is 0.152. The number of amides is 1. The first-order chi connectivity index (χ1) is 4.86. The van der Waals surface area contributed by atoms with Crippen molar-refractivity contribution in [1.29, 1.82) is 0 Å². The topological polar surface area (TPSA) is 32.3 Å². The van der Waals surface area contributed by atoms with E-state index in [1.54, 1.807) is 0 Å². The number of nitrogens with zero attached hydrogens (tertiary/aromatic N) is 1. The molecule has 0 spiro atoms. The molecule has 10 heavy (non-hydrogen) atoms. The number of carbonyl (C=O) groups is 1. The molecule has 1 fully saturated rings. The largest absolute Gasteiger partial charge is 0.364 e. The molecule has 0 saturated carbocycles. The van der Waals surface area contributed by atoms with Gasteiger partial charge in [0.15, 0.2) is 0 Å². The second-order valence-corrected chi connectivity index (χ2v) is 2.68. The summed E-state index contributed by atoms with van der Waals surface area (Å²) >= 11 is 0. The lowest BCUT2D eigenvalue weighted by Crippen LogP contribution is -2.44. The van der Waals surface area contributed by atoms with Crippen LogP contribution >= 0.6 is 0 Å². The Bertz CT molecular complexity index is 198. The molecule has 0 aromatic carbocycles. The maximum atomic E-state index is 10.8. The van der Waals surface area contributed by atoms with Gasteiger partial charge in [-0.05, 0) is 6.42 Å². The summed E-state index contributed by atoms with van der Waals surface area (Å²) in [6.07, 6.45) is 3.30. The van der Waals surface area contributed by atoms with Crippen molar-refractivity contribution in [1.82, 2.24) is 10.2 Å². The van der Waals surface area contributed by atoms with Crippen molar-refractivity contribution in [2.24, 2.45) is 0 Å². The minimum atomic E-state index is 0.152. The van der Waals surface area contributed by atoms with Gasteiger partial charge in [-0.15, -0.1) is 0 Å². The summed E-state index contributed by atoms with van der Waals surface area (Å²) in [5.41, 5.74) is 1.29. The van der Waals surface area contributed by atoms with Gasteiger partial charge >= 0.3 is 0 Å². The number of fused-ring (bicyclic) bond motifs is 1. The van der Waals surface area contributed by atoms with E-state index in [1.165, 1.54) is 5.70 Å². The molecule has 2 heterocycles. The summed E-state index contributed by atoms with van der Waals surface area (Å²) in [5.74, 6) is 0.152. The highest BCUT2D eigenvalue weighted by Gasteiger charge is 2.22. The first-order valence-corrected chi connectivity index (χ1v) is 3.57. The Balaban J connectivity index is 2.13. The molecule has 0 atom stereocenters. The number of piperazine rings is 1. The molecule has 0 bridgehead atoms. The van der Waals surface area contributed by atoms with E-state index < -0.39 is 0 Å². The third-order valence-electron chi connectivity index (χ3n) is 1.99. The number of carbonyl (C=O) groups excluding carboxylic acids is 1. The van der Waals surface area contributed by atoms with Crippen molar-refractivity contribution in [2.75, 3.05) is 19.6 Å². The summed E-state index contributed by atoms with van der Waals surface area (Å²) < 4.78 is 0.